The molecule has 1 aliphatic heterocycles. The molecule has 2 aromatic carbocycles. The minimum absolute atomic E-state index is 0.133. The van der Waals surface area contributed by atoms with E-state index in [1.165, 1.54) is 39.2 Å². The number of hydrogen-bond donors (Lipinski definition) is 0. The van der Waals surface area contributed by atoms with E-state index in [9.17, 15) is 22.0 Å². The first-order chi connectivity index (χ1) is 14.8. The first kappa shape index (κ1) is 21.8. The van der Waals surface area contributed by atoms with Crippen LogP contribution in [0.3, 0.4) is 0 Å². The molecular formula is C21H21F2N3O3S2. The number of halogens is 2. The Bertz CT molecular complexity index is 1310. The number of nitrogens with zero attached hydrogens (tertiary/aromatic N) is 3. The molecule has 0 radical (unpaired) electrons. The number of hydrogen-bond acceptors (Lipinski definition) is 4. The van der Waals surface area contributed by atoms with Crippen molar-refractivity contribution in [2.45, 2.75) is 37.6 Å². The van der Waals surface area contributed by atoms with Gasteiger partial charge >= 0.3 is 0 Å². The molecule has 0 N–H and O–H groups in total. The molecule has 1 aromatic heterocycles. The van der Waals surface area contributed by atoms with Gasteiger partial charge in [0.1, 0.15) is 5.82 Å². The van der Waals surface area contributed by atoms with Crippen molar-refractivity contribution >= 4 is 37.5 Å². The second-order valence-electron chi connectivity index (χ2n) is 7.27. The first-order valence-corrected chi connectivity index (χ1v) is 12.2. The Morgan fingerprint density at radius 1 is 1.10 bits per heavy atom. The molecule has 31 heavy (non-hydrogen) atoms. The van der Waals surface area contributed by atoms with Gasteiger partial charge in [0.25, 0.3) is 5.91 Å². The number of aryl methyl sites for hydroxylation is 1. The van der Waals surface area contributed by atoms with E-state index in [0.29, 0.717) is 24.3 Å². The van der Waals surface area contributed by atoms with Gasteiger partial charge in [-0.25, -0.2) is 17.2 Å². The van der Waals surface area contributed by atoms with Crippen molar-refractivity contribution in [3.8, 4) is 0 Å². The summed E-state index contributed by atoms with van der Waals surface area (Å²) in [5, 5.41) is 0. The summed E-state index contributed by atoms with van der Waals surface area (Å²) in [6.07, 6.45) is 2.70. The molecule has 1 amide bonds. The van der Waals surface area contributed by atoms with Crippen molar-refractivity contribution in [1.29, 1.82) is 0 Å². The normalized spacial score (nSPS) is 16.2. The van der Waals surface area contributed by atoms with Crippen LogP contribution in [0.25, 0.3) is 10.2 Å². The van der Waals surface area contributed by atoms with Crippen molar-refractivity contribution < 1.29 is 22.0 Å². The third-order valence-electron chi connectivity index (χ3n) is 5.26. The molecule has 0 aliphatic carbocycles. The van der Waals surface area contributed by atoms with Gasteiger partial charge in [-0.15, -0.1) is 0 Å². The lowest BCUT2D eigenvalue weighted by atomic mass is 10.2. The highest BCUT2D eigenvalue weighted by Crippen LogP contribution is 2.23. The topological polar surface area (TPSA) is 71.7 Å². The number of fused-ring (bicyclic) bond motifs is 1. The molecule has 1 fully saturated rings. The summed E-state index contributed by atoms with van der Waals surface area (Å²) in [4.78, 5) is 17.1. The third-order valence-corrected chi connectivity index (χ3v) is 8.20. The average Bonchev–Trinajstić information content (AvgIpc) is 3.11. The van der Waals surface area contributed by atoms with Gasteiger partial charge in [-0.1, -0.05) is 17.8 Å². The Morgan fingerprint density at radius 3 is 2.42 bits per heavy atom. The minimum atomic E-state index is -3.59. The molecule has 0 spiro atoms. The molecule has 0 unspecified atom stereocenters. The summed E-state index contributed by atoms with van der Waals surface area (Å²) in [6.45, 7) is 3.12. The fourth-order valence-electron chi connectivity index (χ4n) is 3.68. The molecule has 6 nitrogen and oxygen atoms in total. The van der Waals surface area contributed by atoms with Crippen LogP contribution in [-0.4, -0.2) is 36.3 Å². The van der Waals surface area contributed by atoms with E-state index in [0.717, 1.165) is 36.7 Å². The van der Waals surface area contributed by atoms with Gasteiger partial charge < -0.3 is 4.57 Å². The highest BCUT2D eigenvalue weighted by Gasteiger charge is 2.26. The van der Waals surface area contributed by atoms with Gasteiger partial charge in [-0.05, 0) is 50.1 Å². The van der Waals surface area contributed by atoms with Crippen molar-refractivity contribution in [2.24, 2.45) is 4.99 Å². The quantitative estimate of drug-likeness (QED) is 0.586. The lowest BCUT2D eigenvalue weighted by Crippen LogP contribution is -2.35. The lowest BCUT2D eigenvalue weighted by Gasteiger charge is -2.25. The Morgan fingerprint density at radius 2 is 1.77 bits per heavy atom. The molecule has 0 atom stereocenters. The zero-order chi connectivity index (χ0) is 22.2. The number of amides is 1. The summed E-state index contributed by atoms with van der Waals surface area (Å²) in [6, 6.07) is 7.66. The van der Waals surface area contributed by atoms with E-state index in [1.54, 1.807) is 6.92 Å². The standard InChI is InChI=1S/C21H21F2N3O3S2/c1-2-26-19-17(23)12-15(22)13-18(19)30-21(26)24-20(27)14-6-8-16(9-7-14)31(28,29)25-10-4-3-5-11-25/h6-9,12-13H,2-5,10-11H2,1H3. The fourth-order valence-corrected chi connectivity index (χ4v) is 6.33. The zero-order valence-electron chi connectivity index (χ0n) is 16.8. The smallest absolute Gasteiger partial charge is 0.279 e. The molecule has 164 valence electrons. The molecule has 10 heteroatoms. The maximum Gasteiger partial charge on any atom is 0.279 e. The first-order valence-electron chi connectivity index (χ1n) is 9.99. The van der Waals surface area contributed by atoms with E-state index >= 15 is 0 Å². The van der Waals surface area contributed by atoms with Crippen LogP contribution in [0.1, 0.15) is 36.5 Å². The number of rotatable bonds is 4. The molecule has 1 saturated heterocycles. The van der Waals surface area contributed by atoms with E-state index < -0.39 is 27.6 Å². The van der Waals surface area contributed by atoms with Crippen molar-refractivity contribution in [3.63, 3.8) is 0 Å². The highest BCUT2D eigenvalue weighted by atomic mass is 32.2. The molecule has 0 bridgehead atoms. The van der Waals surface area contributed by atoms with Crippen molar-refractivity contribution in [1.82, 2.24) is 8.87 Å². The summed E-state index contributed by atoms with van der Waals surface area (Å²) >= 11 is 1.02. The second kappa shape index (κ2) is 8.60. The molecular weight excluding hydrogens is 444 g/mol. The number of thiazole rings is 1. The summed E-state index contributed by atoms with van der Waals surface area (Å²) < 4.78 is 56.6. The van der Waals surface area contributed by atoms with Crippen LogP contribution in [0.2, 0.25) is 0 Å². The van der Waals surface area contributed by atoms with Crippen LogP contribution < -0.4 is 4.80 Å². The Labute approximate surface area is 182 Å². The second-order valence-corrected chi connectivity index (χ2v) is 10.2. The highest BCUT2D eigenvalue weighted by molar-refractivity contribution is 7.89. The Hall–Kier alpha value is -2.43. The third kappa shape index (κ3) is 4.19. The summed E-state index contributed by atoms with van der Waals surface area (Å²) in [5.74, 6) is -2.00. The predicted octanol–water partition coefficient (Wildman–Crippen LogP) is 3.92. The van der Waals surface area contributed by atoms with Crippen LogP contribution in [0, 0.1) is 11.6 Å². The van der Waals surface area contributed by atoms with Crippen molar-refractivity contribution in [3.05, 3.63) is 58.4 Å². The van der Waals surface area contributed by atoms with E-state index in [2.05, 4.69) is 4.99 Å². The van der Waals surface area contributed by atoms with Gasteiger partial charge in [-0.2, -0.15) is 9.30 Å². The number of sulfonamides is 1. The van der Waals surface area contributed by atoms with Crippen LogP contribution in [-0.2, 0) is 16.6 Å². The number of benzene rings is 2. The SMILES string of the molecule is CCn1c(=NC(=O)c2ccc(S(=O)(=O)N3CCCCC3)cc2)sc2cc(F)cc(F)c21. The molecule has 1 aliphatic rings. The van der Waals surface area contributed by atoms with Crippen LogP contribution in [0.4, 0.5) is 8.78 Å². The number of carbonyl (C=O) groups excluding carboxylic acids is 1. The zero-order valence-corrected chi connectivity index (χ0v) is 18.5. The molecule has 4 rings (SSSR count). The number of piperidine rings is 1. The lowest BCUT2D eigenvalue weighted by molar-refractivity contribution is 0.0997. The monoisotopic (exact) mass is 465 g/mol. The summed E-state index contributed by atoms with van der Waals surface area (Å²) in [7, 11) is -3.59. The summed E-state index contributed by atoms with van der Waals surface area (Å²) in [5.41, 5.74) is 0.410. The predicted molar refractivity (Wildman–Crippen MR) is 114 cm³/mol. The van der Waals surface area contributed by atoms with Crippen LogP contribution in [0.5, 0.6) is 0 Å². The molecule has 0 saturated carbocycles. The largest absolute Gasteiger partial charge is 0.314 e. The van der Waals surface area contributed by atoms with Gasteiger partial charge in [0, 0.05) is 31.3 Å². The van der Waals surface area contributed by atoms with E-state index in [4.69, 9.17) is 0 Å². The maximum absolute atomic E-state index is 14.2. The fraction of sp³-hybridized carbons (Fsp3) is 0.333. The van der Waals surface area contributed by atoms with Crippen LogP contribution >= 0.6 is 11.3 Å². The Kier molecular flexibility index (Phi) is 6.05. The minimum Gasteiger partial charge on any atom is -0.314 e. The van der Waals surface area contributed by atoms with E-state index in [-0.39, 0.29) is 20.8 Å². The number of carbonyl (C=O) groups is 1. The molecule has 3 aromatic rings. The van der Waals surface area contributed by atoms with Gasteiger partial charge in [0.2, 0.25) is 10.0 Å². The van der Waals surface area contributed by atoms with Gasteiger partial charge in [-0.3, -0.25) is 4.79 Å². The average molecular weight is 466 g/mol. The van der Waals surface area contributed by atoms with E-state index in [1.807, 2.05) is 0 Å². The maximum atomic E-state index is 14.2. The van der Waals surface area contributed by atoms with Gasteiger partial charge in [0.05, 0.1) is 15.1 Å². The molecule has 2 heterocycles. The van der Waals surface area contributed by atoms with Crippen LogP contribution in [0.15, 0.2) is 46.3 Å². The number of aromatic nitrogens is 1. The Balaban J connectivity index is 1.66. The van der Waals surface area contributed by atoms with Crippen molar-refractivity contribution in [2.75, 3.05) is 13.1 Å². The van der Waals surface area contributed by atoms with Gasteiger partial charge in [0.15, 0.2) is 10.6 Å².